The SMILES string of the molecule is NC(=O)C(=O)CC(NC(=O)c1cccnc1-n1ccc(CN2Cc3cccc(F)c3C2)n1)c1ccccc1. The van der Waals surface area contributed by atoms with Gasteiger partial charge in [-0.3, -0.25) is 19.3 Å². The van der Waals surface area contributed by atoms with Crippen molar-refractivity contribution in [3.63, 3.8) is 0 Å². The van der Waals surface area contributed by atoms with Gasteiger partial charge < -0.3 is 11.1 Å². The number of halogens is 1. The number of pyridine rings is 1. The number of carbonyl (C=O) groups is 3. The molecule has 4 aromatic rings. The first-order valence-electron chi connectivity index (χ1n) is 12.1. The lowest BCUT2D eigenvalue weighted by Crippen LogP contribution is -2.34. The lowest BCUT2D eigenvalue weighted by atomic mass is 10.0. The first-order chi connectivity index (χ1) is 18.4. The molecule has 0 saturated heterocycles. The molecule has 0 spiro atoms. The van der Waals surface area contributed by atoms with Gasteiger partial charge >= 0.3 is 0 Å². The number of benzene rings is 2. The molecule has 10 heteroatoms. The Morgan fingerprint density at radius 2 is 1.82 bits per heavy atom. The van der Waals surface area contributed by atoms with E-state index in [2.05, 4.69) is 20.3 Å². The number of amides is 2. The van der Waals surface area contributed by atoms with Crippen LogP contribution in [0.25, 0.3) is 5.82 Å². The highest BCUT2D eigenvalue weighted by Crippen LogP contribution is 2.26. The minimum absolute atomic E-state index is 0.203. The van der Waals surface area contributed by atoms with Crippen LogP contribution in [0, 0.1) is 5.82 Å². The number of rotatable bonds is 9. The summed E-state index contributed by atoms with van der Waals surface area (Å²) in [6.45, 7) is 1.62. The molecule has 1 aliphatic heterocycles. The van der Waals surface area contributed by atoms with E-state index in [-0.39, 0.29) is 17.8 Å². The average molecular weight is 513 g/mol. The number of ketones is 1. The van der Waals surface area contributed by atoms with E-state index in [1.165, 1.54) is 10.7 Å². The van der Waals surface area contributed by atoms with E-state index in [1.54, 1.807) is 54.9 Å². The van der Waals surface area contributed by atoms with Crippen molar-refractivity contribution in [2.45, 2.75) is 32.1 Å². The summed E-state index contributed by atoms with van der Waals surface area (Å²) in [5.74, 6) is -2.23. The quantitative estimate of drug-likeness (QED) is 0.333. The van der Waals surface area contributed by atoms with Crippen LogP contribution in [0.1, 0.15) is 45.2 Å². The van der Waals surface area contributed by atoms with Crippen LogP contribution in [0.5, 0.6) is 0 Å². The molecule has 1 aliphatic rings. The lowest BCUT2D eigenvalue weighted by Gasteiger charge is -2.19. The van der Waals surface area contributed by atoms with Crippen LogP contribution in [0.15, 0.2) is 79.1 Å². The maximum atomic E-state index is 14.1. The third-order valence-electron chi connectivity index (χ3n) is 6.44. The molecule has 3 N–H and O–H groups in total. The third kappa shape index (κ3) is 5.35. The van der Waals surface area contributed by atoms with Gasteiger partial charge in [0.05, 0.1) is 17.3 Å². The Hall–Kier alpha value is -4.70. The summed E-state index contributed by atoms with van der Waals surface area (Å²) in [6, 6.07) is 18.3. The van der Waals surface area contributed by atoms with E-state index in [9.17, 15) is 18.8 Å². The molecule has 0 fully saturated rings. The normalized spacial score (nSPS) is 13.6. The Morgan fingerprint density at radius 1 is 1.00 bits per heavy atom. The molecule has 0 aliphatic carbocycles. The number of fused-ring (bicyclic) bond motifs is 1. The van der Waals surface area contributed by atoms with Gasteiger partial charge in [-0.25, -0.2) is 14.1 Å². The zero-order chi connectivity index (χ0) is 26.6. The van der Waals surface area contributed by atoms with Crippen LogP contribution in [-0.4, -0.2) is 37.3 Å². The summed E-state index contributed by atoms with van der Waals surface area (Å²) < 4.78 is 15.6. The molecule has 3 heterocycles. The Balaban J connectivity index is 1.34. The molecule has 0 bridgehead atoms. The van der Waals surface area contributed by atoms with E-state index in [4.69, 9.17) is 5.73 Å². The Labute approximate surface area is 218 Å². The summed E-state index contributed by atoms with van der Waals surface area (Å²) in [7, 11) is 0. The van der Waals surface area contributed by atoms with E-state index < -0.39 is 23.6 Å². The van der Waals surface area contributed by atoms with Crippen molar-refractivity contribution in [3.05, 3.63) is 113 Å². The highest BCUT2D eigenvalue weighted by atomic mass is 19.1. The van der Waals surface area contributed by atoms with Gasteiger partial charge in [0.1, 0.15) is 5.82 Å². The van der Waals surface area contributed by atoms with Gasteiger partial charge in [-0.2, -0.15) is 5.10 Å². The van der Waals surface area contributed by atoms with Gasteiger partial charge in [0.2, 0.25) is 5.78 Å². The van der Waals surface area contributed by atoms with Crippen molar-refractivity contribution < 1.29 is 18.8 Å². The minimum Gasteiger partial charge on any atom is -0.363 e. The molecule has 1 atom stereocenters. The van der Waals surface area contributed by atoms with Crippen molar-refractivity contribution in [3.8, 4) is 5.82 Å². The molecule has 5 rings (SSSR count). The Kier molecular flexibility index (Phi) is 7.05. The van der Waals surface area contributed by atoms with E-state index in [0.29, 0.717) is 36.6 Å². The number of nitrogens with two attached hydrogens (primary N) is 1. The molecular formula is C28H25FN6O3. The molecule has 2 aromatic carbocycles. The fourth-order valence-corrected chi connectivity index (χ4v) is 4.57. The Bertz CT molecular complexity index is 1500. The molecule has 1 unspecified atom stereocenters. The zero-order valence-corrected chi connectivity index (χ0v) is 20.4. The van der Waals surface area contributed by atoms with Crippen LogP contribution in [0.2, 0.25) is 0 Å². The van der Waals surface area contributed by atoms with E-state index in [0.717, 1.165) is 11.3 Å². The van der Waals surface area contributed by atoms with E-state index in [1.807, 2.05) is 18.2 Å². The highest BCUT2D eigenvalue weighted by Gasteiger charge is 2.25. The monoisotopic (exact) mass is 512 g/mol. The number of nitrogens with zero attached hydrogens (tertiary/aromatic N) is 4. The van der Waals surface area contributed by atoms with Crippen LogP contribution in [0.4, 0.5) is 4.39 Å². The predicted molar refractivity (Wildman–Crippen MR) is 136 cm³/mol. The standard InChI is InChI=1S/C28H25FN6O3/c29-23-10-4-8-19-15-34(17-22(19)23)16-20-11-13-35(33-20)27-21(9-5-12-31-27)28(38)32-24(14-25(36)26(30)37)18-6-2-1-3-7-18/h1-13,24H,14-17H2,(H2,30,37)(H,32,38). The second-order valence-electron chi connectivity index (χ2n) is 9.08. The van der Waals surface area contributed by atoms with Crippen LogP contribution in [0.3, 0.4) is 0 Å². The summed E-state index contributed by atoms with van der Waals surface area (Å²) in [4.78, 5) is 43.3. The fraction of sp³-hybridized carbons (Fsp3) is 0.179. The minimum atomic E-state index is -1.06. The number of hydrogen-bond donors (Lipinski definition) is 2. The lowest BCUT2D eigenvalue weighted by molar-refractivity contribution is -0.136. The van der Waals surface area contributed by atoms with Gasteiger partial charge in [0, 0.05) is 44.0 Å². The first kappa shape index (κ1) is 25.0. The molecule has 2 aromatic heterocycles. The number of primary amides is 1. The van der Waals surface area contributed by atoms with Gasteiger partial charge in [-0.1, -0.05) is 42.5 Å². The van der Waals surface area contributed by atoms with E-state index >= 15 is 0 Å². The second-order valence-corrected chi connectivity index (χ2v) is 9.08. The average Bonchev–Trinajstić information content (AvgIpc) is 3.56. The molecule has 192 valence electrons. The zero-order valence-electron chi connectivity index (χ0n) is 20.4. The van der Waals surface area contributed by atoms with Crippen molar-refractivity contribution in [2.75, 3.05) is 0 Å². The summed E-state index contributed by atoms with van der Waals surface area (Å²) in [5.41, 5.74) is 8.47. The largest absolute Gasteiger partial charge is 0.363 e. The summed E-state index contributed by atoms with van der Waals surface area (Å²) >= 11 is 0. The Morgan fingerprint density at radius 3 is 2.58 bits per heavy atom. The maximum Gasteiger partial charge on any atom is 0.284 e. The third-order valence-corrected chi connectivity index (χ3v) is 6.44. The van der Waals surface area contributed by atoms with Crippen molar-refractivity contribution in [2.24, 2.45) is 5.73 Å². The molecule has 0 saturated carbocycles. The van der Waals surface area contributed by atoms with Crippen molar-refractivity contribution in [1.29, 1.82) is 0 Å². The van der Waals surface area contributed by atoms with Crippen LogP contribution >= 0.6 is 0 Å². The topological polar surface area (TPSA) is 123 Å². The van der Waals surface area contributed by atoms with Gasteiger partial charge in [-0.05, 0) is 35.4 Å². The summed E-state index contributed by atoms with van der Waals surface area (Å²) in [6.07, 6.45) is 2.99. The fourth-order valence-electron chi connectivity index (χ4n) is 4.57. The van der Waals surface area contributed by atoms with Crippen LogP contribution in [-0.2, 0) is 29.2 Å². The molecular weight excluding hydrogens is 487 g/mol. The number of nitrogens with one attached hydrogen (secondary N) is 1. The van der Waals surface area contributed by atoms with Crippen molar-refractivity contribution in [1.82, 2.24) is 25.0 Å². The predicted octanol–water partition coefficient (Wildman–Crippen LogP) is 2.84. The molecule has 2 amide bonds. The number of hydrogen-bond acceptors (Lipinski definition) is 6. The molecule has 0 radical (unpaired) electrons. The highest BCUT2D eigenvalue weighted by molar-refractivity contribution is 6.35. The molecule has 38 heavy (non-hydrogen) atoms. The van der Waals surface area contributed by atoms with Crippen LogP contribution < -0.4 is 11.1 Å². The maximum absolute atomic E-state index is 14.1. The number of aromatic nitrogens is 3. The second kappa shape index (κ2) is 10.7. The smallest absolute Gasteiger partial charge is 0.284 e. The number of Topliss-reactive ketones (excluding diaryl/α,β-unsaturated/α-hetero) is 1. The molecule has 9 nitrogen and oxygen atoms in total. The van der Waals surface area contributed by atoms with Gasteiger partial charge in [0.25, 0.3) is 11.8 Å². The number of carbonyl (C=O) groups excluding carboxylic acids is 3. The van der Waals surface area contributed by atoms with Crippen molar-refractivity contribution >= 4 is 17.6 Å². The summed E-state index contributed by atoms with van der Waals surface area (Å²) in [5, 5.41) is 7.44. The van der Waals surface area contributed by atoms with Gasteiger partial charge in [0.15, 0.2) is 5.82 Å². The first-order valence-corrected chi connectivity index (χ1v) is 12.1. The van der Waals surface area contributed by atoms with Gasteiger partial charge in [-0.15, -0.1) is 0 Å².